The predicted molar refractivity (Wildman–Crippen MR) is 83.7 cm³/mol. The summed E-state index contributed by atoms with van der Waals surface area (Å²) in [5.41, 5.74) is 0.635. The number of aldehydes is 1. The topological polar surface area (TPSA) is 66.0 Å². The van der Waals surface area contributed by atoms with E-state index < -0.39 is 0 Å². The summed E-state index contributed by atoms with van der Waals surface area (Å²) in [5, 5.41) is 3.00. The van der Waals surface area contributed by atoms with Crippen molar-refractivity contribution in [1.29, 1.82) is 0 Å². The van der Waals surface area contributed by atoms with Gasteiger partial charge in [0.1, 0.15) is 18.6 Å². The summed E-state index contributed by atoms with van der Waals surface area (Å²) >= 11 is 0. The molecule has 0 amide bonds. The van der Waals surface area contributed by atoms with Crippen molar-refractivity contribution < 1.29 is 23.7 Å². The summed E-state index contributed by atoms with van der Waals surface area (Å²) in [6, 6.07) is 6.97. The first kappa shape index (κ1) is 18.6. The van der Waals surface area contributed by atoms with Crippen LogP contribution in [0, 0.1) is 0 Å². The number of nitrogens with one attached hydrogen (secondary N) is 1. The lowest BCUT2D eigenvalue weighted by atomic mass is 10.2. The van der Waals surface area contributed by atoms with Crippen molar-refractivity contribution in [2.75, 3.05) is 59.8 Å². The van der Waals surface area contributed by atoms with Crippen molar-refractivity contribution in [3.63, 3.8) is 0 Å². The maximum atomic E-state index is 10.5. The molecule has 0 radical (unpaired) electrons. The lowest BCUT2D eigenvalue weighted by Gasteiger charge is -2.08. The van der Waals surface area contributed by atoms with Crippen LogP contribution in [-0.2, 0) is 14.2 Å². The third-order valence-electron chi connectivity index (χ3n) is 2.75. The molecule has 0 bridgehead atoms. The Morgan fingerprint density at radius 2 is 1.41 bits per heavy atom. The fourth-order valence-electron chi connectivity index (χ4n) is 1.58. The average Bonchev–Trinajstić information content (AvgIpc) is 2.56. The smallest absolute Gasteiger partial charge is 0.150 e. The van der Waals surface area contributed by atoms with Crippen LogP contribution in [0.1, 0.15) is 10.4 Å². The molecule has 0 saturated carbocycles. The maximum Gasteiger partial charge on any atom is 0.150 e. The molecular formula is C16H25NO5. The first-order valence-electron chi connectivity index (χ1n) is 7.42. The van der Waals surface area contributed by atoms with Gasteiger partial charge < -0.3 is 24.3 Å². The Morgan fingerprint density at radius 3 is 1.95 bits per heavy atom. The summed E-state index contributed by atoms with van der Waals surface area (Å²) in [7, 11) is 1.89. The summed E-state index contributed by atoms with van der Waals surface area (Å²) in [6.07, 6.45) is 0.804. The molecule has 0 saturated heterocycles. The van der Waals surface area contributed by atoms with Gasteiger partial charge in [-0.1, -0.05) is 0 Å². The first-order valence-corrected chi connectivity index (χ1v) is 7.42. The molecule has 6 nitrogen and oxygen atoms in total. The standard InChI is InChI=1S/C16H25NO5/c1-17-6-7-19-8-9-20-10-11-21-12-13-22-16-4-2-15(14-18)3-5-16/h2-5,14,17H,6-13H2,1H3. The molecule has 1 N–H and O–H groups in total. The minimum absolute atomic E-state index is 0.466. The van der Waals surface area contributed by atoms with Gasteiger partial charge in [-0.3, -0.25) is 4.79 Å². The van der Waals surface area contributed by atoms with Gasteiger partial charge in [0, 0.05) is 12.1 Å². The van der Waals surface area contributed by atoms with Crippen molar-refractivity contribution in [2.45, 2.75) is 0 Å². The largest absolute Gasteiger partial charge is 0.491 e. The molecule has 0 aliphatic heterocycles. The Morgan fingerprint density at radius 1 is 0.864 bits per heavy atom. The fraction of sp³-hybridized carbons (Fsp3) is 0.562. The van der Waals surface area contributed by atoms with Gasteiger partial charge in [-0.2, -0.15) is 0 Å². The summed E-state index contributed by atoms with van der Waals surface area (Å²) in [6.45, 7) is 4.76. The highest BCUT2D eigenvalue weighted by Gasteiger charge is 1.95. The van der Waals surface area contributed by atoms with Crippen molar-refractivity contribution in [3.05, 3.63) is 29.8 Å². The van der Waals surface area contributed by atoms with Crippen LogP contribution in [0.15, 0.2) is 24.3 Å². The van der Waals surface area contributed by atoms with E-state index in [1.54, 1.807) is 24.3 Å². The van der Waals surface area contributed by atoms with E-state index in [4.69, 9.17) is 18.9 Å². The van der Waals surface area contributed by atoms with Crippen LogP contribution in [0.2, 0.25) is 0 Å². The lowest BCUT2D eigenvalue weighted by Crippen LogP contribution is -2.17. The molecule has 0 spiro atoms. The van der Waals surface area contributed by atoms with Gasteiger partial charge in [0.15, 0.2) is 0 Å². The number of carbonyl (C=O) groups excluding carboxylic acids is 1. The number of ether oxygens (including phenoxy) is 4. The number of benzene rings is 1. The molecule has 0 atom stereocenters. The number of carbonyl (C=O) groups is 1. The Kier molecular flexibility index (Phi) is 11.2. The predicted octanol–water partition coefficient (Wildman–Crippen LogP) is 1.15. The molecule has 0 fully saturated rings. The van der Waals surface area contributed by atoms with Gasteiger partial charge in [-0.05, 0) is 31.3 Å². The number of hydrogen-bond donors (Lipinski definition) is 1. The van der Waals surface area contributed by atoms with Crippen LogP contribution < -0.4 is 10.1 Å². The minimum atomic E-state index is 0.466. The van der Waals surface area contributed by atoms with Crippen LogP contribution in [0.5, 0.6) is 5.75 Å². The quantitative estimate of drug-likeness (QED) is 0.411. The van der Waals surface area contributed by atoms with Crippen molar-refractivity contribution in [3.8, 4) is 5.75 Å². The Bertz CT molecular complexity index is 383. The van der Waals surface area contributed by atoms with Gasteiger partial charge in [0.25, 0.3) is 0 Å². The summed E-state index contributed by atoms with van der Waals surface area (Å²) < 4.78 is 21.5. The molecule has 0 aliphatic rings. The van der Waals surface area contributed by atoms with Crippen LogP contribution in [-0.4, -0.2) is 66.1 Å². The van der Waals surface area contributed by atoms with Gasteiger partial charge in [-0.15, -0.1) is 0 Å². The van der Waals surface area contributed by atoms with Crippen molar-refractivity contribution in [2.24, 2.45) is 0 Å². The van der Waals surface area contributed by atoms with Crippen LogP contribution >= 0.6 is 0 Å². The van der Waals surface area contributed by atoms with E-state index in [1.165, 1.54) is 0 Å². The van der Waals surface area contributed by atoms with E-state index in [2.05, 4.69) is 5.32 Å². The normalized spacial score (nSPS) is 10.6. The Balaban J connectivity index is 1.86. The molecule has 0 unspecified atom stereocenters. The zero-order chi connectivity index (χ0) is 15.9. The molecule has 1 aromatic rings. The highest BCUT2D eigenvalue weighted by atomic mass is 16.6. The number of hydrogen-bond acceptors (Lipinski definition) is 6. The third-order valence-corrected chi connectivity index (χ3v) is 2.75. The first-order chi connectivity index (χ1) is 10.9. The lowest BCUT2D eigenvalue weighted by molar-refractivity contribution is 0.0100. The third kappa shape index (κ3) is 9.46. The van der Waals surface area contributed by atoms with E-state index in [-0.39, 0.29) is 0 Å². The van der Waals surface area contributed by atoms with Crippen LogP contribution in [0.3, 0.4) is 0 Å². The Labute approximate surface area is 131 Å². The van der Waals surface area contributed by atoms with E-state index in [9.17, 15) is 4.79 Å². The number of likely N-dealkylation sites (N-methyl/N-ethyl adjacent to an activating group) is 1. The second kappa shape index (κ2) is 13.2. The minimum Gasteiger partial charge on any atom is -0.491 e. The van der Waals surface area contributed by atoms with Crippen LogP contribution in [0.25, 0.3) is 0 Å². The molecule has 124 valence electrons. The van der Waals surface area contributed by atoms with Crippen molar-refractivity contribution >= 4 is 6.29 Å². The zero-order valence-corrected chi connectivity index (χ0v) is 13.1. The van der Waals surface area contributed by atoms with Gasteiger partial charge >= 0.3 is 0 Å². The van der Waals surface area contributed by atoms with E-state index in [1.807, 2.05) is 7.05 Å². The summed E-state index contributed by atoms with van der Waals surface area (Å²) in [5.74, 6) is 0.726. The van der Waals surface area contributed by atoms with Crippen LogP contribution in [0.4, 0.5) is 0 Å². The zero-order valence-electron chi connectivity index (χ0n) is 13.1. The highest BCUT2D eigenvalue weighted by molar-refractivity contribution is 5.74. The fourth-order valence-corrected chi connectivity index (χ4v) is 1.58. The molecule has 1 rings (SSSR count). The van der Waals surface area contributed by atoms with Gasteiger partial charge in [0.05, 0.1) is 39.6 Å². The maximum absolute atomic E-state index is 10.5. The van der Waals surface area contributed by atoms with Gasteiger partial charge in [-0.25, -0.2) is 0 Å². The molecular weight excluding hydrogens is 286 g/mol. The summed E-state index contributed by atoms with van der Waals surface area (Å²) in [4.78, 5) is 10.5. The second-order valence-corrected chi connectivity index (χ2v) is 4.48. The molecule has 0 heterocycles. The molecule has 0 aromatic heterocycles. The van der Waals surface area contributed by atoms with E-state index >= 15 is 0 Å². The van der Waals surface area contributed by atoms with Crippen molar-refractivity contribution in [1.82, 2.24) is 5.32 Å². The van der Waals surface area contributed by atoms with E-state index in [0.717, 1.165) is 18.6 Å². The average molecular weight is 311 g/mol. The second-order valence-electron chi connectivity index (χ2n) is 4.48. The van der Waals surface area contributed by atoms with E-state index in [0.29, 0.717) is 51.8 Å². The van der Waals surface area contributed by atoms with Gasteiger partial charge in [0.2, 0.25) is 0 Å². The SMILES string of the molecule is CNCCOCCOCCOCCOc1ccc(C=O)cc1. The monoisotopic (exact) mass is 311 g/mol. The number of rotatable bonds is 14. The molecule has 6 heteroatoms. The molecule has 1 aromatic carbocycles. The highest BCUT2D eigenvalue weighted by Crippen LogP contribution is 2.10. The molecule has 0 aliphatic carbocycles. The Hall–Kier alpha value is -1.47. The molecule has 22 heavy (non-hydrogen) atoms.